The predicted molar refractivity (Wildman–Crippen MR) is 72.9 cm³/mol. The molecule has 2 rings (SSSR count). The lowest BCUT2D eigenvalue weighted by atomic mass is 10.1. The van der Waals surface area contributed by atoms with Gasteiger partial charge in [0.1, 0.15) is 5.75 Å². The van der Waals surface area contributed by atoms with E-state index in [1.165, 1.54) is 12.8 Å². The van der Waals surface area contributed by atoms with E-state index >= 15 is 0 Å². The van der Waals surface area contributed by atoms with E-state index < -0.39 is 0 Å². The third-order valence-electron chi connectivity index (χ3n) is 3.43. The van der Waals surface area contributed by atoms with Gasteiger partial charge < -0.3 is 4.74 Å². The molecule has 0 radical (unpaired) electrons. The van der Waals surface area contributed by atoms with E-state index in [2.05, 4.69) is 5.48 Å². The van der Waals surface area contributed by atoms with Crippen molar-refractivity contribution in [3.63, 3.8) is 0 Å². The lowest BCUT2D eigenvalue weighted by Gasteiger charge is -2.13. The van der Waals surface area contributed by atoms with Crippen LogP contribution in [-0.4, -0.2) is 19.1 Å². The van der Waals surface area contributed by atoms with E-state index in [1.807, 2.05) is 25.1 Å². The van der Waals surface area contributed by atoms with Crippen molar-refractivity contribution in [3.8, 4) is 5.75 Å². The number of hydroxylamine groups is 1. The highest BCUT2D eigenvalue weighted by molar-refractivity contribution is 5.78. The number of nitrogens with one attached hydrogen (secondary N) is 1. The van der Waals surface area contributed by atoms with Gasteiger partial charge in [-0.2, -0.15) is 0 Å². The number of carbonyl (C=O) groups is 1. The zero-order valence-electron chi connectivity index (χ0n) is 11.6. The summed E-state index contributed by atoms with van der Waals surface area (Å²) in [5, 5.41) is 0. The monoisotopic (exact) mass is 263 g/mol. The molecule has 1 saturated carbocycles. The maximum Gasteiger partial charge on any atom is 0.248 e. The van der Waals surface area contributed by atoms with E-state index in [0.717, 1.165) is 29.7 Å². The van der Waals surface area contributed by atoms with Gasteiger partial charge in [0, 0.05) is 5.56 Å². The number of hydrogen-bond donors (Lipinski definition) is 1. The van der Waals surface area contributed by atoms with Gasteiger partial charge in [0.2, 0.25) is 5.91 Å². The first-order valence-electron chi connectivity index (χ1n) is 6.77. The van der Waals surface area contributed by atoms with Crippen LogP contribution in [0.3, 0.4) is 0 Å². The summed E-state index contributed by atoms with van der Waals surface area (Å²) in [5.74, 6) is 0.609. The van der Waals surface area contributed by atoms with Crippen molar-refractivity contribution in [2.24, 2.45) is 0 Å². The number of rotatable bonds is 5. The van der Waals surface area contributed by atoms with Crippen molar-refractivity contribution in [2.75, 3.05) is 7.11 Å². The van der Waals surface area contributed by atoms with Gasteiger partial charge in [-0.05, 0) is 25.8 Å². The molecule has 4 nitrogen and oxygen atoms in total. The quantitative estimate of drug-likeness (QED) is 0.830. The Morgan fingerprint density at radius 2 is 2.11 bits per heavy atom. The Morgan fingerprint density at radius 3 is 2.79 bits per heavy atom. The Morgan fingerprint density at radius 1 is 1.37 bits per heavy atom. The maximum absolute atomic E-state index is 11.9. The predicted octanol–water partition coefficient (Wildman–Crippen LogP) is 2.54. The molecule has 0 saturated heterocycles. The van der Waals surface area contributed by atoms with Gasteiger partial charge in [-0.1, -0.05) is 30.5 Å². The number of methoxy groups -OCH3 is 1. The zero-order valence-corrected chi connectivity index (χ0v) is 11.6. The Hall–Kier alpha value is -1.55. The summed E-state index contributed by atoms with van der Waals surface area (Å²) >= 11 is 0. The van der Waals surface area contributed by atoms with Crippen molar-refractivity contribution < 1.29 is 14.4 Å². The maximum atomic E-state index is 11.9. The first-order valence-corrected chi connectivity index (χ1v) is 6.77. The van der Waals surface area contributed by atoms with Crippen molar-refractivity contribution in [3.05, 3.63) is 29.3 Å². The van der Waals surface area contributed by atoms with Gasteiger partial charge in [-0.15, -0.1) is 0 Å². The molecule has 1 aliphatic carbocycles. The second kappa shape index (κ2) is 6.57. The number of aryl methyl sites for hydroxylation is 1. The van der Waals surface area contributed by atoms with Crippen LogP contribution in [0.15, 0.2) is 18.2 Å². The molecule has 0 heterocycles. The first-order chi connectivity index (χ1) is 9.19. The molecule has 1 amide bonds. The summed E-state index contributed by atoms with van der Waals surface area (Å²) in [7, 11) is 1.61. The third kappa shape index (κ3) is 3.96. The highest BCUT2D eigenvalue weighted by atomic mass is 16.7. The summed E-state index contributed by atoms with van der Waals surface area (Å²) in [6.07, 6.45) is 4.90. The lowest BCUT2D eigenvalue weighted by molar-refractivity contribution is -0.137. The normalized spacial score (nSPS) is 15.5. The fourth-order valence-electron chi connectivity index (χ4n) is 2.41. The van der Waals surface area contributed by atoms with Crippen LogP contribution in [0.25, 0.3) is 0 Å². The van der Waals surface area contributed by atoms with Crippen LogP contribution in [0.2, 0.25) is 0 Å². The molecule has 0 unspecified atom stereocenters. The SMILES string of the molecule is COc1ccc(C)cc1CC(=O)NOC1CCCC1. The smallest absolute Gasteiger partial charge is 0.248 e. The molecule has 0 atom stereocenters. The largest absolute Gasteiger partial charge is 0.496 e. The van der Waals surface area contributed by atoms with Crippen molar-refractivity contribution in [1.82, 2.24) is 5.48 Å². The molecular weight excluding hydrogens is 242 g/mol. The number of hydrogen-bond acceptors (Lipinski definition) is 3. The molecule has 4 heteroatoms. The van der Waals surface area contributed by atoms with Crippen molar-refractivity contribution >= 4 is 5.91 Å². The van der Waals surface area contributed by atoms with Crippen LogP contribution in [0, 0.1) is 6.92 Å². The van der Waals surface area contributed by atoms with Crippen LogP contribution >= 0.6 is 0 Å². The standard InChI is InChI=1S/C15H21NO3/c1-11-7-8-14(18-2)12(9-11)10-15(17)16-19-13-5-3-4-6-13/h7-9,13H,3-6,10H2,1-2H3,(H,16,17). The van der Waals surface area contributed by atoms with E-state index in [9.17, 15) is 4.79 Å². The molecule has 1 aromatic carbocycles. The molecule has 104 valence electrons. The van der Waals surface area contributed by atoms with Gasteiger partial charge in [0.15, 0.2) is 0 Å². The summed E-state index contributed by atoms with van der Waals surface area (Å²) < 4.78 is 5.26. The lowest BCUT2D eigenvalue weighted by Crippen LogP contribution is -2.29. The molecule has 0 aliphatic heterocycles. The van der Waals surface area contributed by atoms with Crippen molar-refractivity contribution in [1.29, 1.82) is 0 Å². The van der Waals surface area contributed by atoms with Crippen LogP contribution in [0.4, 0.5) is 0 Å². The number of ether oxygens (including phenoxy) is 1. The second-order valence-electron chi connectivity index (χ2n) is 5.04. The zero-order chi connectivity index (χ0) is 13.7. The molecule has 0 spiro atoms. The van der Waals surface area contributed by atoms with Crippen LogP contribution in [0.1, 0.15) is 36.8 Å². The minimum absolute atomic E-state index is 0.129. The molecule has 0 aromatic heterocycles. The fraction of sp³-hybridized carbons (Fsp3) is 0.533. The van der Waals surface area contributed by atoms with E-state index in [1.54, 1.807) is 7.11 Å². The van der Waals surface area contributed by atoms with Gasteiger partial charge in [0.05, 0.1) is 19.6 Å². The Balaban J connectivity index is 1.88. The first kappa shape index (κ1) is 13.9. The summed E-state index contributed by atoms with van der Waals surface area (Å²) in [6, 6.07) is 5.82. The third-order valence-corrected chi connectivity index (χ3v) is 3.43. The molecule has 1 N–H and O–H groups in total. The van der Waals surface area contributed by atoms with Gasteiger partial charge in [-0.3, -0.25) is 9.63 Å². The molecule has 1 aromatic rings. The molecule has 0 bridgehead atoms. The van der Waals surface area contributed by atoms with Crippen LogP contribution in [0.5, 0.6) is 5.75 Å². The Kier molecular flexibility index (Phi) is 4.80. The Labute approximate surface area is 114 Å². The Bertz CT molecular complexity index is 439. The van der Waals surface area contributed by atoms with E-state index in [-0.39, 0.29) is 18.4 Å². The van der Waals surface area contributed by atoms with Gasteiger partial charge in [-0.25, -0.2) is 5.48 Å². The van der Waals surface area contributed by atoms with Crippen LogP contribution < -0.4 is 10.2 Å². The van der Waals surface area contributed by atoms with Crippen molar-refractivity contribution in [2.45, 2.75) is 45.1 Å². The van der Waals surface area contributed by atoms with E-state index in [0.29, 0.717) is 0 Å². The second-order valence-corrected chi connectivity index (χ2v) is 5.04. The topological polar surface area (TPSA) is 47.6 Å². The number of amides is 1. The average Bonchev–Trinajstić information content (AvgIpc) is 2.90. The fourth-order valence-corrected chi connectivity index (χ4v) is 2.41. The number of carbonyl (C=O) groups excluding carboxylic acids is 1. The van der Waals surface area contributed by atoms with Gasteiger partial charge >= 0.3 is 0 Å². The van der Waals surface area contributed by atoms with Gasteiger partial charge in [0.25, 0.3) is 0 Å². The molecule has 1 fully saturated rings. The summed E-state index contributed by atoms with van der Waals surface area (Å²) in [4.78, 5) is 17.3. The molecule has 1 aliphatic rings. The molecular formula is C15H21NO3. The summed E-state index contributed by atoms with van der Waals surface area (Å²) in [5.41, 5.74) is 4.55. The minimum Gasteiger partial charge on any atom is -0.496 e. The highest BCUT2D eigenvalue weighted by Gasteiger charge is 2.17. The average molecular weight is 263 g/mol. The number of benzene rings is 1. The van der Waals surface area contributed by atoms with E-state index in [4.69, 9.17) is 9.57 Å². The minimum atomic E-state index is -0.129. The summed E-state index contributed by atoms with van der Waals surface area (Å²) in [6.45, 7) is 2.00. The highest BCUT2D eigenvalue weighted by Crippen LogP contribution is 2.21. The molecule has 19 heavy (non-hydrogen) atoms. The van der Waals surface area contributed by atoms with Crippen LogP contribution in [-0.2, 0) is 16.1 Å².